The minimum Gasteiger partial charge on any atom is -0.424 e. The molecule has 0 spiro atoms. The predicted molar refractivity (Wildman–Crippen MR) is 71.1 cm³/mol. The topological polar surface area (TPSA) is 40.5 Å². The highest BCUT2D eigenvalue weighted by Gasteiger charge is 2.03. The first-order valence-electron chi connectivity index (χ1n) is 5.46. The molecule has 0 fully saturated rings. The van der Waals surface area contributed by atoms with Crippen molar-refractivity contribution in [2.45, 2.75) is 0 Å². The smallest absolute Gasteiger partial charge is 0.424 e. The van der Waals surface area contributed by atoms with Crippen molar-refractivity contribution in [1.82, 2.24) is 0 Å². The molecule has 2 rings (SSSR count). The number of rotatable bonds is 3. The molecule has 0 bridgehead atoms. The lowest BCUT2D eigenvalue weighted by molar-refractivity contribution is 0.424. The van der Waals surface area contributed by atoms with Crippen LogP contribution in [0, 0.1) is 0 Å². The first-order valence-corrected chi connectivity index (χ1v) is 5.46. The molecule has 2 N–H and O–H groups in total. The molecule has 0 radical (unpaired) electrons. The van der Waals surface area contributed by atoms with Gasteiger partial charge in [0.1, 0.15) is 0 Å². The van der Waals surface area contributed by atoms with Crippen molar-refractivity contribution in [3.63, 3.8) is 0 Å². The Morgan fingerprint density at radius 2 is 1.47 bits per heavy atom. The van der Waals surface area contributed by atoms with Crippen LogP contribution in [0.4, 0.5) is 0 Å². The third-order valence-corrected chi connectivity index (χ3v) is 2.49. The Kier molecular flexibility index (Phi) is 3.75. The van der Waals surface area contributed by atoms with E-state index in [9.17, 15) is 0 Å². The van der Waals surface area contributed by atoms with Crippen LogP contribution < -0.4 is 0 Å². The second kappa shape index (κ2) is 5.48. The molecular weight excluding hydrogens is 211 g/mol. The second-order valence-corrected chi connectivity index (χ2v) is 3.73. The average molecular weight is 224 g/mol. The third kappa shape index (κ3) is 3.06. The van der Waals surface area contributed by atoms with Crippen LogP contribution in [-0.2, 0) is 0 Å². The highest BCUT2D eigenvalue weighted by atomic mass is 16.4. The van der Waals surface area contributed by atoms with Gasteiger partial charge in [-0.25, -0.2) is 0 Å². The van der Waals surface area contributed by atoms with Gasteiger partial charge in [-0.05, 0) is 16.7 Å². The first-order chi connectivity index (χ1) is 8.27. The van der Waals surface area contributed by atoms with Crippen LogP contribution in [0.3, 0.4) is 0 Å². The molecule has 0 aliphatic heterocycles. The summed E-state index contributed by atoms with van der Waals surface area (Å²) in [4.78, 5) is 0. The minimum atomic E-state index is -1.42. The zero-order chi connectivity index (χ0) is 12.1. The van der Waals surface area contributed by atoms with Gasteiger partial charge in [0.15, 0.2) is 0 Å². The molecule has 84 valence electrons. The van der Waals surface area contributed by atoms with Gasteiger partial charge in [-0.2, -0.15) is 0 Å². The summed E-state index contributed by atoms with van der Waals surface area (Å²) in [5, 5.41) is 17.7. The fourth-order valence-electron chi connectivity index (χ4n) is 1.71. The van der Waals surface area contributed by atoms with Gasteiger partial charge >= 0.3 is 7.12 Å². The van der Waals surface area contributed by atoms with E-state index in [0.29, 0.717) is 0 Å². The molecule has 2 nitrogen and oxygen atoms in total. The van der Waals surface area contributed by atoms with E-state index >= 15 is 0 Å². The molecule has 3 heteroatoms. The van der Waals surface area contributed by atoms with E-state index in [2.05, 4.69) is 0 Å². The van der Waals surface area contributed by atoms with Crippen LogP contribution in [0.5, 0.6) is 0 Å². The van der Waals surface area contributed by atoms with Gasteiger partial charge < -0.3 is 10.0 Å². The van der Waals surface area contributed by atoms with Crippen LogP contribution in [-0.4, -0.2) is 17.2 Å². The lowest BCUT2D eigenvalue weighted by Crippen LogP contribution is -2.05. The zero-order valence-electron chi connectivity index (χ0n) is 9.32. The summed E-state index contributed by atoms with van der Waals surface area (Å²) >= 11 is 0. The molecule has 2 aromatic carbocycles. The molecule has 0 atom stereocenters. The van der Waals surface area contributed by atoms with Crippen LogP contribution in [0.2, 0.25) is 0 Å². The van der Waals surface area contributed by atoms with Gasteiger partial charge in [0, 0.05) is 0 Å². The van der Waals surface area contributed by atoms with E-state index in [0.717, 1.165) is 16.7 Å². The van der Waals surface area contributed by atoms with Crippen LogP contribution in [0.25, 0.3) is 17.2 Å². The Bertz CT molecular complexity index is 507. The average Bonchev–Trinajstić information content (AvgIpc) is 2.38. The fraction of sp³-hybridized carbons (Fsp3) is 0. The summed E-state index contributed by atoms with van der Waals surface area (Å²) < 4.78 is 0. The van der Waals surface area contributed by atoms with Crippen LogP contribution in [0.15, 0.2) is 60.6 Å². The van der Waals surface area contributed by atoms with E-state index in [1.807, 2.05) is 54.6 Å². The third-order valence-electron chi connectivity index (χ3n) is 2.49. The maximum absolute atomic E-state index is 8.84. The van der Waals surface area contributed by atoms with E-state index in [-0.39, 0.29) is 0 Å². The maximum atomic E-state index is 8.84. The van der Waals surface area contributed by atoms with Crippen molar-refractivity contribution in [1.29, 1.82) is 0 Å². The molecular formula is C14H13BO2. The SMILES string of the molecule is OB(O)C=Cc1ccccc1-c1ccccc1. The fourth-order valence-corrected chi connectivity index (χ4v) is 1.71. The molecule has 0 aliphatic carbocycles. The number of benzene rings is 2. The Labute approximate surface area is 101 Å². The lowest BCUT2D eigenvalue weighted by atomic mass is 9.89. The standard InChI is InChI=1S/C14H13BO2/c16-15(17)11-10-13-8-4-5-9-14(13)12-6-2-1-3-7-12/h1-11,16-17H. The molecule has 2 aromatic rings. The Morgan fingerprint density at radius 3 is 2.18 bits per heavy atom. The number of hydrogen-bond acceptors (Lipinski definition) is 2. The Balaban J connectivity index is 2.41. The van der Waals surface area contributed by atoms with E-state index in [4.69, 9.17) is 10.0 Å². The highest BCUT2D eigenvalue weighted by molar-refractivity contribution is 6.48. The van der Waals surface area contributed by atoms with Crippen molar-refractivity contribution in [2.75, 3.05) is 0 Å². The molecule has 0 aromatic heterocycles. The van der Waals surface area contributed by atoms with Crippen molar-refractivity contribution >= 4 is 13.2 Å². The second-order valence-electron chi connectivity index (χ2n) is 3.73. The van der Waals surface area contributed by atoms with E-state index in [1.165, 1.54) is 5.98 Å². The highest BCUT2D eigenvalue weighted by Crippen LogP contribution is 2.24. The van der Waals surface area contributed by atoms with Crippen molar-refractivity contribution in [2.24, 2.45) is 0 Å². The van der Waals surface area contributed by atoms with Gasteiger partial charge in [-0.15, -0.1) is 0 Å². The van der Waals surface area contributed by atoms with Gasteiger partial charge in [-0.1, -0.05) is 66.6 Å². The summed E-state index contributed by atoms with van der Waals surface area (Å²) in [5.41, 5.74) is 3.15. The maximum Gasteiger partial charge on any atom is 0.480 e. The summed E-state index contributed by atoms with van der Waals surface area (Å²) in [5.74, 6) is 1.35. The summed E-state index contributed by atoms with van der Waals surface area (Å²) in [6.07, 6.45) is 1.72. The molecule has 0 amide bonds. The van der Waals surface area contributed by atoms with Crippen molar-refractivity contribution in [3.05, 3.63) is 66.1 Å². The van der Waals surface area contributed by atoms with E-state index < -0.39 is 7.12 Å². The quantitative estimate of drug-likeness (QED) is 0.785. The molecule has 0 unspecified atom stereocenters. The molecule has 0 saturated carbocycles. The van der Waals surface area contributed by atoms with Crippen LogP contribution in [0.1, 0.15) is 5.56 Å². The Morgan fingerprint density at radius 1 is 0.824 bits per heavy atom. The molecule has 17 heavy (non-hydrogen) atoms. The molecule has 0 aliphatic rings. The van der Waals surface area contributed by atoms with Gasteiger partial charge in [0.2, 0.25) is 0 Å². The van der Waals surface area contributed by atoms with E-state index in [1.54, 1.807) is 6.08 Å². The normalized spacial score (nSPS) is 10.7. The minimum absolute atomic E-state index is 0.965. The van der Waals surface area contributed by atoms with Gasteiger partial charge in [0.25, 0.3) is 0 Å². The van der Waals surface area contributed by atoms with Gasteiger partial charge in [0.05, 0.1) is 0 Å². The van der Waals surface area contributed by atoms with Gasteiger partial charge in [-0.3, -0.25) is 0 Å². The largest absolute Gasteiger partial charge is 0.480 e. The first kappa shape index (κ1) is 11.6. The molecule has 0 saturated heterocycles. The van der Waals surface area contributed by atoms with Crippen molar-refractivity contribution < 1.29 is 10.0 Å². The number of hydrogen-bond donors (Lipinski definition) is 2. The lowest BCUT2D eigenvalue weighted by Gasteiger charge is -2.05. The summed E-state index contributed by atoms with van der Waals surface area (Å²) in [6, 6.07) is 17.8. The Hall–Kier alpha value is -1.84. The van der Waals surface area contributed by atoms with Crippen LogP contribution >= 0.6 is 0 Å². The summed E-state index contributed by atoms with van der Waals surface area (Å²) in [7, 11) is -1.42. The molecule has 0 heterocycles. The zero-order valence-corrected chi connectivity index (χ0v) is 9.32. The monoisotopic (exact) mass is 224 g/mol. The predicted octanol–water partition coefficient (Wildman–Crippen LogP) is 2.38. The summed E-state index contributed by atoms with van der Waals surface area (Å²) in [6.45, 7) is 0. The van der Waals surface area contributed by atoms with Crippen molar-refractivity contribution in [3.8, 4) is 11.1 Å².